The third-order valence-electron chi connectivity index (χ3n) is 3.91. The number of alkyl halides is 3. The highest BCUT2D eigenvalue weighted by atomic mass is 35.5. The summed E-state index contributed by atoms with van der Waals surface area (Å²) >= 11 is 0. The number of rotatable bonds is 6. The van der Waals surface area contributed by atoms with Crippen LogP contribution in [0.5, 0.6) is 5.75 Å². The normalized spacial score (nSPS) is 17.7. The lowest BCUT2D eigenvalue weighted by Gasteiger charge is -2.21. The average Bonchev–Trinajstić information content (AvgIpc) is 2.94. The molecule has 1 aliphatic rings. The van der Waals surface area contributed by atoms with Crippen LogP contribution in [-0.2, 0) is 4.79 Å². The Bertz CT molecular complexity index is 576. The van der Waals surface area contributed by atoms with Gasteiger partial charge in [-0.25, -0.2) is 0 Å². The summed E-state index contributed by atoms with van der Waals surface area (Å²) in [6, 6.07) is 5.88. The van der Waals surface area contributed by atoms with Gasteiger partial charge in [0.25, 0.3) is 0 Å². The molecule has 1 aromatic carbocycles. The molecule has 1 aromatic rings. The van der Waals surface area contributed by atoms with Crippen molar-refractivity contribution in [1.29, 1.82) is 0 Å². The van der Waals surface area contributed by atoms with Gasteiger partial charge in [0.1, 0.15) is 5.75 Å². The lowest BCUT2D eigenvalue weighted by molar-refractivity contribution is -0.274. The van der Waals surface area contributed by atoms with Crippen LogP contribution in [0.25, 0.3) is 0 Å². The molecule has 1 fully saturated rings. The van der Waals surface area contributed by atoms with E-state index < -0.39 is 6.36 Å². The van der Waals surface area contributed by atoms with Crippen molar-refractivity contribution in [2.24, 2.45) is 5.92 Å². The molecule has 0 aliphatic carbocycles. The van der Waals surface area contributed by atoms with Crippen molar-refractivity contribution in [3.63, 3.8) is 0 Å². The SMILES string of the molecule is CNCC(C)C(=O)NC1CCN(c2cccc(OC(F)(F)F)c2)C1.Cl.Cl. The van der Waals surface area contributed by atoms with Gasteiger partial charge in [0.15, 0.2) is 0 Å². The van der Waals surface area contributed by atoms with Gasteiger partial charge in [-0.1, -0.05) is 13.0 Å². The highest BCUT2D eigenvalue weighted by molar-refractivity contribution is 5.85. The van der Waals surface area contributed by atoms with Crippen LogP contribution in [0.3, 0.4) is 0 Å². The van der Waals surface area contributed by atoms with Crippen LogP contribution in [0.1, 0.15) is 13.3 Å². The lowest BCUT2D eigenvalue weighted by atomic mass is 10.1. The molecule has 2 unspecified atom stereocenters. The van der Waals surface area contributed by atoms with E-state index in [1.54, 1.807) is 13.1 Å². The number of nitrogens with zero attached hydrogens (tertiary/aromatic N) is 1. The number of hydrogen-bond acceptors (Lipinski definition) is 4. The van der Waals surface area contributed by atoms with Crippen LogP contribution in [0.4, 0.5) is 18.9 Å². The first-order chi connectivity index (χ1) is 11.3. The molecular formula is C16H24Cl2F3N3O2. The van der Waals surface area contributed by atoms with Gasteiger partial charge in [-0.15, -0.1) is 38.0 Å². The third-order valence-corrected chi connectivity index (χ3v) is 3.91. The molecule has 1 amide bonds. The Balaban J connectivity index is 0.00000312. The van der Waals surface area contributed by atoms with Crippen LogP contribution in [0.2, 0.25) is 0 Å². The van der Waals surface area contributed by atoms with E-state index in [1.807, 2.05) is 11.8 Å². The molecule has 0 saturated carbocycles. The zero-order valence-electron chi connectivity index (χ0n) is 14.5. The molecule has 5 nitrogen and oxygen atoms in total. The highest BCUT2D eigenvalue weighted by Gasteiger charge is 2.31. The van der Waals surface area contributed by atoms with Gasteiger partial charge < -0.3 is 20.3 Å². The van der Waals surface area contributed by atoms with E-state index in [-0.39, 0.29) is 48.4 Å². The Morgan fingerprint density at radius 2 is 2.08 bits per heavy atom. The second kappa shape index (κ2) is 10.7. The zero-order valence-corrected chi connectivity index (χ0v) is 16.1. The number of amides is 1. The second-order valence-corrected chi connectivity index (χ2v) is 5.94. The molecule has 2 atom stereocenters. The summed E-state index contributed by atoms with van der Waals surface area (Å²) in [7, 11) is 1.79. The van der Waals surface area contributed by atoms with E-state index in [4.69, 9.17) is 0 Å². The molecular weight excluding hydrogens is 394 g/mol. The standard InChI is InChI=1S/C16H22F3N3O2.2ClH/c1-11(9-20-2)15(23)21-12-6-7-22(10-12)13-4-3-5-14(8-13)24-16(17,18)19;;/h3-5,8,11-12,20H,6-7,9-10H2,1-2H3,(H,21,23);2*1H. The summed E-state index contributed by atoms with van der Waals surface area (Å²) in [5.41, 5.74) is 0.650. The Labute approximate surface area is 163 Å². The summed E-state index contributed by atoms with van der Waals surface area (Å²) in [4.78, 5) is 14.0. The van der Waals surface area contributed by atoms with Crippen LogP contribution in [-0.4, -0.2) is 45.0 Å². The molecule has 0 aromatic heterocycles. The molecule has 1 saturated heterocycles. The van der Waals surface area contributed by atoms with Crippen LogP contribution in [0, 0.1) is 5.92 Å². The fourth-order valence-corrected chi connectivity index (χ4v) is 2.73. The first kappa shape index (κ1) is 24.6. The Kier molecular flexibility index (Phi) is 10.1. The van der Waals surface area contributed by atoms with Crippen molar-refractivity contribution < 1.29 is 22.7 Å². The van der Waals surface area contributed by atoms with E-state index in [2.05, 4.69) is 15.4 Å². The van der Waals surface area contributed by atoms with Gasteiger partial charge in [-0.3, -0.25) is 4.79 Å². The zero-order chi connectivity index (χ0) is 17.7. The molecule has 0 spiro atoms. The first-order valence-electron chi connectivity index (χ1n) is 7.84. The summed E-state index contributed by atoms with van der Waals surface area (Å²) < 4.78 is 40.9. The van der Waals surface area contributed by atoms with Crippen LogP contribution >= 0.6 is 24.8 Å². The van der Waals surface area contributed by atoms with Gasteiger partial charge in [0, 0.05) is 43.3 Å². The molecule has 0 bridgehead atoms. The number of benzene rings is 1. The lowest BCUT2D eigenvalue weighted by Crippen LogP contribution is -2.42. The Morgan fingerprint density at radius 3 is 2.69 bits per heavy atom. The molecule has 1 heterocycles. The highest BCUT2D eigenvalue weighted by Crippen LogP contribution is 2.28. The van der Waals surface area contributed by atoms with Crippen LogP contribution < -0.4 is 20.3 Å². The predicted molar refractivity (Wildman–Crippen MR) is 99.5 cm³/mol. The quantitative estimate of drug-likeness (QED) is 0.746. The maximum absolute atomic E-state index is 12.3. The van der Waals surface area contributed by atoms with E-state index >= 15 is 0 Å². The Morgan fingerprint density at radius 1 is 1.38 bits per heavy atom. The van der Waals surface area contributed by atoms with E-state index in [1.165, 1.54) is 18.2 Å². The molecule has 2 rings (SSSR count). The molecule has 10 heteroatoms. The largest absolute Gasteiger partial charge is 0.573 e. The second-order valence-electron chi connectivity index (χ2n) is 5.94. The number of carbonyl (C=O) groups excluding carboxylic acids is 1. The van der Waals surface area contributed by atoms with E-state index in [9.17, 15) is 18.0 Å². The topological polar surface area (TPSA) is 53.6 Å². The van der Waals surface area contributed by atoms with Gasteiger partial charge in [-0.05, 0) is 25.6 Å². The van der Waals surface area contributed by atoms with Gasteiger partial charge in [0.2, 0.25) is 5.91 Å². The van der Waals surface area contributed by atoms with Gasteiger partial charge >= 0.3 is 6.36 Å². The Hall–Kier alpha value is -1.38. The van der Waals surface area contributed by atoms with Gasteiger partial charge in [-0.2, -0.15) is 0 Å². The number of anilines is 1. The fraction of sp³-hybridized carbons (Fsp3) is 0.562. The third kappa shape index (κ3) is 7.47. The number of nitrogens with one attached hydrogen (secondary N) is 2. The smallest absolute Gasteiger partial charge is 0.406 e. The number of carbonyl (C=O) groups is 1. The summed E-state index contributed by atoms with van der Waals surface area (Å²) in [6.07, 6.45) is -3.95. The molecule has 0 radical (unpaired) electrons. The van der Waals surface area contributed by atoms with Crippen molar-refractivity contribution in [3.8, 4) is 5.75 Å². The molecule has 1 aliphatic heterocycles. The van der Waals surface area contributed by atoms with Crippen molar-refractivity contribution in [3.05, 3.63) is 24.3 Å². The van der Waals surface area contributed by atoms with Crippen molar-refractivity contribution >= 4 is 36.4 Å². The van der Waals surface area contributed by atoms with Gasteiger partial charge in [0.05, 0.1) is 0 Å². The molecule has 26 heavy (non-hydrogen) atoms. The number of hydrogen-bond donors (Lipinski definition) is 2. The number of ether oxygens (including phenoxy) is 1. The van der Waals surface area contributed by atoms with Crippen molar-refractivity contribution in [1.82, 2.24) is 10.6 Å². The minimum atomic E-state index is -4.70. The molecule has 150 valence electrons. The summed E-state index contributed by atoms with van der Waals surface area (Å²) in [5, 5.41) is 5.94. The van der Waals surface area contributed by atoms with E-state index in [0.29, 0.717) is 25.3 Å². The van der Waals surface area contributed by atoms with E-state index in [0.717, 1.165) is 6.42 Å². The summed E-state index contributed by atoms with van der Waals surface area (Å²) in [5.74, 6) is -0.395. The minimum absolute atomic E-state index is 0. The first-order valence-corrected chi connectivity index (χ1v) is 7.84. The maximum Gasteiger partial charge on any atom is 0.573 e. The van der Waals surface area contributed by atoms with Crippen molar-refractivity contribution in [2.45, 2.75) is 25.7 Å². The predicted octanol–water partition coefficient (Wildman–Crippen LogP) is 2.98. The van der Waals surface area contributed by atoms with Crippen LogP contribution in [0.15, 0.2) is 24.3 Å². The molecule has 2 N–H and O–H groups in total. The average molecular weight is 418 g/mol. The monoisotopic (exact) mass is 417 g/mol. The summed E-state index contributed by atoms with van der Waals surface area (Å²) in [6.45, 7) is 3.67. The van der Waals surface area contributed by atoms with Crippen molar-refractivity contribution in [2.75, 3.05) is 31.6 Å². The maximum atomic E-state index is 12.3. The number of halogens is 5. The minimum Gasteiger partial charge on any atom is -0.406 e. The fourth-order valence-electron chi connectivity index (χ4n) is 2.73.